The summed E-state index contributed by atoms with van der Waals surface area (Å²) < 4.78 is 5.25. The highest BCUT2D eigenvalue weighted by Gasteiger charge is 2.24. The number of phenols is 1. The minimum Gasteiger partial charge on any atom is -0.508 e. The van der Waals surface area contributed by atoms with Crippen LogP contribution < -0.4 is 10.6 Å². The van der Waals surface area contributed by atoms with Crippen molar-refractivity contribution in [2.75, 3.05) is 52.4 Å². The molecule has 33 heavy (non-hydrogen) atoms. The molecule has 1 aromatic rings. The van der Waals surface area contributed by atoms with Crippen LogP contribution in [-0.4, -0.2) is 90.0 Å². The van der Waals surface area contributed by atoms with Crippen LogP contribution in [0.5, 0.6) is 5.75 Å². The first-order valence-corrected chi connectivity index (χ1v) is 12.0. The van der Waals surface area contributed by atoms with E-state index in [1.165, 1.54) is 11.8 Å². The monoisotopic (exact) mass is 475 g/mol. The molecule has 0 aromatic heterocycles. The highest BCUT2D eigenvalue weighted by atomic mass is 32.2. The number of hydrogen-bond donors (Lipinski definition) is 3. The van der Waals surface area contributed by atoms with E-state index in [9.17, 15) is 14.7 Å². The number of hydrogen-bond acceptors (Lipinski definition) is 8. The predicted octanol–water partition coefficient (Wildman–Crippen LogP) is 2.09. The van der Waals surface area contributed by atoms with Gasteiger partial charge in [-0.15, -0.1) is 0 Å². The number of alkyl carbamates (subject to hydrolysis) is 1. The molecule has 0 aliphatic carbocycles. The number of carbonyl (C=O) groups excluding carboxylic acids is 2. The third-order valence-electron chi connectivity index (χ3n) is 5.07. The molecule has 10 heteroatoms. The second kappa shape index (κ2) is 11.5. The maximum absolute atomic E-state index is 12.2. The number of nitrogens with zero attached hydrogens (tertiary/aromatic N) is 3. The van der Waals surface area contributed by atoms with E-state index in [1.54, 1.807) is 30.3 Å². The Morgan fingerprint density at radius 3 is 2.45 bits per heavy atom. The number of amidine groups is 1. The van der Waals surface area contributed by atoms with Crippen molar-refractivity contribution < 1.29 is 19.4 Å². The molecule has 3 rings (SSSR count). The number of phenolic OH excluding ortho intramolecular Hbond substituents is 1. The van der Waals surface area contributed by atoms with Gasteiger partial charge in [-0.2, -0.15) is 0 Å². The fraction of sp³-hybridized carbons (Fsp3) is 0.522. The van der Waals surface area contributed by atoms with Crippen LogP contribution in [-0.2, 0) is 9.53 Å². The molecule has 2 heterocycles. The van der Waals surface area contributed by atoms with Crippen molar-refractivity contribution in [3.8, 4) is 5.75 Å². The third kappa shape index (κ3) is 8.71. The molecule has 1 aromatic carbocycles. The van der Waals surface area contributed by atoms with Gasteiger partial charge >= 0.3 is 6.09 Å². The second-order valence-electron chi connectivity index (χ2n) is 8.96. The van der Waals surface area contributed by atoms with Gasteiger partial charge in [-0.1, -0.05) is 12.1 Å². The molecule has 0 radical (unpaired) electrons. The summed E-state index contributed by atoms with van der Waals surface area (Å²) in [6.07, 6.45) is 1.41. The van der Waals surface area contributed by atoms with Gasteiger partial charge < -0.3 is 20.5 Å². The Labute approximate surface area is 199 Å². The molecule has 0 saturated carbocycles. The molecule has 180 valence electrons. The molecule has 2 amide bonds. The highest BCUT2D eigenvalue weighted by Crippen LogP contribution is 2.26. The van der Waals surface area contributed by atoms with E-state index in [1.807, 2.05) is 20.8 Å². The maximum Gasteiger partial charge on any atom is 0.407 e. The number of benzene rings is 1. The number of piperazine rings is 1. The Kier molecular flexibility index (Phi) is 8.76. The Balaban J connectivity index is 1.33. The molecular weight excluding hydrogens is 442 g/mol. The first-order valence-electron chi connectivity index (χ1n) is 11.1. The van der Waals surface area contributed by atoms with Crippen LogP contribution in [0.2, 0.25) is 0 Å². The van der Waals surface area contributed by atoms with Gasteiger partial charge in [-0.05, 0) is 56.3 Å². The van der Waals surface area contributed by atoms with E-state index in [0.29, 0.717) is 23.2 Å². The van der Waals surface area contributed by atoms with E-state index in [2.05, 4.69) is 25.4 Å². The predicted molar refractivity (Wildman–Crippen MR) is 131 cm³/mol. The summed E-state index contributed by atoms with van der Waals surface area (Å²) in [5, 5.41) is 15.6. The van der Waals surface area contributed by atoms with Gasteiger partial charge in [-0.25, -0.2) is 4.79 Å². The zero-order valence-corrected chi connectivity index (χ0v) is 20.3. The van der Waals surface area contributed by atoms with Gasteiger partial charge in [0, 0.05) is 45.8 Å². The largest absolute Gasteiger partial charge is 0.508 e. The third-order valence-corrected chi connectivity index (χ3v) is 6.02. The Morgan fingerprint density at radius 1 is 1.18 bits per heavy atom. The van der Waals surface area contributed by atoms with E-state index < -0.39 is 5.60 Å². The lowest BCUT2D eigenvalue weighted by molar-refractivity contribution is -0.115. The van der Waals surface area contributed by atoms with Crippen molar-refractivity contribution in [1.29, 1.82) is 0 Å². The molecule has 2 aliphatic rings. The molecular formula is C23H33N5O4S. The number of aliphatic imine (C=N–C) groups is 1. The molecule has 0 spiro atoms. The SMILES string of the molecule is CC(C)(C)OC(=O)NCCN1CCN(CCN=C2NC(=O)/C(=C/c3ccc(O)cc3)S2)CC1. The lowest BCUT2D eigenvalue weighted by Crippen LogP contribution is -2.49. The first kappa shape index (κ1) is 25.1. The molecule has 0 unspecified atom stereocenters. The van der Waals surface area contributed by atoms with Crippen LogP contribution in [0, 0.1) is 0 Å². The summed E-state index contributed by atoms with van der Waals surface area (Å²) in [4.78, 5) is 33.7. The number of thioether (sulfide) groups is 1. The maximum atomic E-state index is 12.2. The minimum absolute atomic E-state index is 0.152. The van der Waals surface area contributed by atoms with Crippen molar-refractivity contribution in [2.45, 2.75) is 26.4 Å². The molecule has 3 N–H and O–H groups in total. The van der Waals surface area contributed by atoms with Crippen molar-refractivity contribution in [3.63, 3.8) is 0 Å². The summed E-state index contributed by atoms with van der Waals surface area (Å²) in [6, 6.07) is 6.71. The number of amides is 2. The van der Waals surface area contributed by atoms with E-state index in [4.69, 9.17) is 4.74 Å². The van der Waals surface area contributed by atoms with Crippen LogP contribution in [0.4, 0.5) is 4.79 Å². The van der Waals surface area contributed by atoms with Crippen molar-refractivity contribution in [3.05, 3.63) is 34.7 Å². The van der Waals surface area contributed by atoms with Gasteiger partial charge in [0.15, 0.2) is 5.17 Å². The van der Waals surface area contributed by atoms with E-state index in [-0.39, 0.29) is 17.7 Å². The Bertz CT molecular complexity index is 887. The van der Waals surface area contributed by atoms with Crippen LogP contribution in [0.3, 0.4) is 0 Å². The molecule has 2 aliphatic heterocycles. The summed E-state index contributed by atoms with van der Waals surface area (Å²) in [5.41, 5.74) is 0.370. The number of ether oxygens (including phenoxy) is 1. The fourth-order valence-corrected chi connectivity index (χ4v) is 4.23. The normalized spacial score (nSPS) is 20.3. The molecule has 0 atom stereocenters. The summed E-state index contributed by atoms with van der Waals surface area (Å²) in [6.45, 7) is 12.2. The zero-order valence-electron chi connectivity index (χ0n) is 19.5. The Morgan fingerprint density at radius 2 is 1.82 bits per heavy atom. The first-order chi connectivity index (χ1) is 15.7. The lowest BCUT2D eigenvalue weighted by Gasteiger charge is -2.34. The smallest absolute Gasteiger partial charge is 0.407 e. The average molecular weight is 476 g/mol. The van der Waals surface area contributed by atoms with Crippen molar-refractivity contribution in [1.82, 2.24) is 20.4 Å². The van der Waals surface area contributed by atoms with Crippen LogP contribution in [0.25, 0.3) is 6.08 Å². The number of rotatable bonds is 7. The summed E-state index contributed by atoms with van der Waals surface area (Å²) >= 11 is 1.34. The van der Waals surface area contributed by atoms with Gasteiger partial charge in [0.1, 0.15) is 11.4 Å². The number of nitrogens with one attached hydrogen (secondary N) is 2. The van der Waals surface area contributed by atoms with Crippen LogP contribution >= 0.6 is 11.8 Å². The number of aromatic hydroxyl groups is 1. The standard InChI is InChI=1S/C23H33N5O4S/c1-23(2,3)32-22(31)25-9-11-28-14-12-27(13-15-28)10-8-24-21-26-20(30)19(33-21)16-17-4-6-18(29)7-5-17/h4-7,16,29H,8-15H2,1-3H3,(H,25,31)(H,24,26,30)/b19-16-. The molecule has 2 saturated heterocycles. The Hall–Kier alpha value is -2.56. The quantitative estimate of drug-likeness (QED) is 0.519. The van der Waals surface area contributed by atoms with E-state index in [0.717, 1.165) is 44.8 Å². The van der Waals surface area contributed by atoms with Gasteiger partial charge in [0.2, 0.25) is 0 Å². The highest BCUT2D eigenvalue weighted by molar-refractivity contribution is 8.18. The lowest BCUT2D eigenvalue weighted by atomic mass is 10.2. The molecule has 9 nitrogen and oxygen atoms in total. The second-order valence-corrected chi connectivity index (χ2v) is 9.99. The minimum atomic E-state index is -0.483. The van der Waals surface area contributed by atoms with Crippen molar-refractivity contribution >= 4 is 35.0 Å². The topological polar surface area (TPSA) is 107 Å². The van der Waals surface area contributed by atoms with Crippen LogP contribution in [0.15, 0.2) is 34.2 Å². The zero-order chi connectivity index (χ0) is 23.8. The van der Waals surface area contributed by atoms with Gasteiger partial charge in [0.25, 0.3) is 5.91 Å². The van der Waals surface area contributed by atoms with E-state index >= 15 is 0 Å². The van der Waals surface area contributed by atoms with Crippen molar-refractivity contribution in [2.24, 2.45) is 4.99 Å². The molecule has 0 bridgehead atoms. The van der Waals surface area contributed by atoms with Gasteiger partial charge in [0.05, 0.1) is 11.4 Å². The fourth-order valence-electron chi connectivity index (χ4n) is 3.38. The van der Waals surface area contributed by atoms with Crippen LogP contribution in [0.1, 0.15) is 26.3 Å². The van der Waals surface area contributed by atoms with Gasteiger partial charge in [-0.3, -0.25) is 19.6 Å². The summed E-state index contributed by atoms with van der Waals surface area (Å²) in [5.74, 6) is 0.0432. The molecule has 2 fully saturated rings. The summed E-state index contributed by atoms with van der Waals surface area (Å²) in [7, 11) is 0. The number of carbonyl (C=O) groups is 2. The average Bonchev–Trinajstić information content (AvgIpc) is 3.08.